The Labute approximate surface area is 139 Å². The molecule has 0 bridgehead atoms. The van der Waals surface area contributed by atoms with Gasteiger partial charge in [0, 0.05) is 6.42 Å². The number of carboxylic acid groups (broad SMARTS) is 1. The van der Waals surface area contributed by atoms with Gasteiger partial charge in [-0.1, -0.05) is 6.07 Å². The van der Waals surface area contributed by atoms with E-state index in [1.165, 1.54) is 0 Å². The molecule has 25 heavy (non-hydrogen) atoms. The van der Waals surface area contributed by atoms with Gasteiger partial charge in [-0.3, -0.25) is 0 Å². The highest BCUT2D eigenvalue weighted by molar-refractivity contribution is 5.91. The predicted molar refractivity (Wildman–Crippen MR) is 75.2 cm³/mol. The summed E-state index contributed by atoms with van der Waals surface area (Å²) in [7, 11) is 0. The van der Waals surface area contributed by atoms with Crippen LogP contribution in [0.5, 0.6) is 11.5 Å². The maximum Gasteiger partial charge on any atom is 0.410 e. The quantitative estimate of drug-likeness (QED) is 0.882. The average Bonchev–Trinajstić information content (AvgIpc) is 3.18. The van der Waals surface area contributed by atoms with Crippen molar-refractivity contribution in [2.75, 3.05) is 12.1 Å². The Morgan fingerprint density at radius 2 is 2.08 bits per heavy atom. The van der Waals surface area contributed by atoms with E-state index in [1.54, 1.807) is 18.2 Å². The summed E-state index contributed by atoms with van der Waals surface area (Å²) >= 11 is 0. The molecule has 2 aliphatic rings. The lowest BCUT2D eigenvalue weighted by molar-refractivity contribution is -0.255. The normalized spacial score (nSPS) is 21.6. The molecule has 0 aliphatic carbocycles. The van der Waals surface area contributed by atoms with Crippen molar-refractivity contribution in [1.82, 2.24) is 9.78 Å². The van der Waals surface area contributed by atoms with Crippen LogP contribution in [-0.4, -0.2) is 28.7 Å². The first-order valence-electron chi connectivity index (χ1n) is 7.36. The van der Waals surface area contributed by atoms with E-state index >= 15 is 0 Å². The number of nitrogens with one attached hydrogen (secondary N) is 1. The fourth-order valence-corrected chi connectivity index (χ4v) is 3.06. The molecule has 2 atom stereocenters. The lowest BCUT2D eigenvalue weighted by Gasteiger charge is -2.34. The van der Waals surface area contributed by atoms with Gasteiger partial charge in [-0.2, -0.15) is 18.3 Å². The molecule has 2 aliphatic heterocycles. The summed E-state index contributed by atoms with van der Waals surface area (Å²) in [6.45, 7) is 0.0453. The highest BCUT2D eigenvalue weighted by Crippen LogP contribution is 2.45. The summed E-state index contributed by atoms with van der Waals surface area (Å²) in [6.07, 6.45) is -4.07. The van der Waals surface area contributed by atoms with Crippen molar-refractivity contribution in [2.45, 2.75) is 24.7 Å². The van der Waals surface area contributed by atoms with Crippen molar-refractivity contribution in [1.29, 1.82) is 0 Å². The first-order chi connectivity index (χ1) is 11.8. The van der Waals surface area contributed by atoms with Gasteiger partial charge in [-0.05, 0) is 17.7 Å². The lowest BCUT2D eigenvalue weighted by Crippen LogP contribution is -2.36. The molecule has 0 radical (unpaired) electrons. The minimum atomic E-state index is -4.58. The first-order valence-corrected chi connectivity index (χ1v) is 7.36. The topological polar surface area (TPSA) is 88.4 Å². The molecule has 0 unspecified atom stereocenters. The first kappa shape index (κ1) is 15.6. The number of hydrogen-bond acceptors (Lipinski definition) is 6. The summed E-state index contributed by atoms with van der Waals surface area (Å²) in [5.41, 5.74) is 0.106. The molecule has 0 amide bonds. The number of halogens is 3. The molecule has 132 valence electrons. The van der Waals surface area contributed by atoms with Gasteiger partial charge in [0.25, 0.3) is 0 Å². The number of rotatable bonds is 2. The average molecular weight is 354 g/mol. The smallest absolute Gasteiger partial charge is 0.410 e. The predicted octanol–water partition coefficient (Wildman–Crippen LogP) is 1.64. The number of anilines is 1. The molecule has 3 heterocycles. The van der Waals surface area contributed by atoms with Crippen LogP contribution in [0, 0.1) is 0 Å². The number of carboxylic acids is 1. The third-order valence-corrected chi connectivity index (χ3v) is 4.26. The minimum absolute atomic E-state index is 0.0453. The van der Waals surface area contributed by atoms with Crippen LogP contribution in [0.15, 0.2) is 24.4 Å². The number of fused-ring (bicyclic) bond motifs is 2. The lowest BCUT2D eigenvalue weighted by atomic mass is 9.96. The standard InChI is InChI=1S/C15H12F3N3O4/c16-15(17,18)12-4-9(7-1-2-10-11(3-7)25-6-24-10)20-13-8(14(22)23)5-19-21(12)13/h1-3,5,9,12,20H,4,6H2,(H,22,23)/p-1/t9-,12+/m0/s1. The second kappa shape index (κ2) is 5.30. The van der Waals surface area contributed by atoms with Gasteiger partial charge in [0.2, 0.25) is 6.79 Å². The molecule has 1 aromatic carbocycles. The SMILES string of the molecule is O=C([O-])c1cnn2c1N[C@H](c1ccc3c(c1)OCO3)C[C@@H]2C(F)(F)F. The molecular weight excluding hydrogens is 343 g/mol. The van der Waals surface area contributed by atoms with Crippen LogP contribution in [0.25, 0.3) is 0 Å². The van der Waals surface area contributed by atoms with E-state index in [9.17, 15) is 23.1 Å². The van der Waals surface area contributed by atoms with Gasteiger partial charge in [0.1, 0.15) is 5.82 Å². The summed E-state index contributed by atoms with van der Waals surface area (Å²) in [5, 5.41) is 17.6. The Morgan fingerprint density at radius 1 is 1.32 bits per heavy atom. The largest absolute Gasteiger partial charge is 0.545 e. The van der Waals surface area contributed by atoms with Crippen molar-refractivity contribution < 1.29 is 32.5 Å². The molecule has 0 fully saturated rings. The van der Waals surface area contributed by atoms with Crippen LogP contribution in [0.3, 0.4) is 0 Å². The van der Waals surface area contributed by atoms with Crippen LogP contribution in [0.2, 0.25) is 0 Å². The van der Waals surface area contributed by atoms with Gasteiger partial charge in [0.05, 0.1) is 23.8 Å². The summed E-state index contributed by atoms with van der Waals surface area (Å²) in [5.74, 6) is -0.883. The van der Waals surface area contributed by atoms with E-state index in [4.69, 9.17) is 9.47 Å². The van der Waals surface area contributed by atoms with Crippen molar-refractivity contribution in [3.63, 3.8) is 0 Å². The van der Waals surface area contributed by atoms with Gasteiger partial charge in [-0.15, -0.1) is 0 Å². The number of carbonyl (C=O) groups is 1. The molecular formula is C15H11F3N3O4-. The molecule has 1 aromatic heterocycles. The van der Waals surface area contributed by atoms with Crippen LogP contribution in [0.4, 0.5) is 19.0 Å². The number of hydrogen-bond donors (Lipinski definition) is 1. The summed E-state index contributed by atoms with van der Waals surface area (Å²) in [6, 6.07) is 2.07. The summed E-state index contributed by atoms with van der Waals surface area (Å²) in [4.78, 5) is 11.2. The van der Waals surface area contributed by atoms with Crippen LogP contribution >= 0.6 is 0 Å². The Balaban J connectivity index is 1.76. The fraction of sp³-hybridized carbons (Fsp3) is 0.333. The number of aromatic carboxylic acids is 1. The van der Waals surface area contributed by atoms with E-state index in [1.807, 2.05) is 0 Å². The van der Waals surface area contributed by atoms with Crippen LogP contribution in [-0.2, 0) is 0 Å². The molecule has 10 heteroatoms. The molecule has 4 rings (SSSR count). The number of alkyl halides is 3. The van der Waals surface area contributed by atoms with E-state index in [-0.39, 0.29) is 19.0 Å². The van der Waals surface area contributed by atoms with Crippen molar-refractivity contribution in [3.8, 4) is 11.5 Å². The van der Waals surface area contributed by atoms with Crippen LogP contribution in [0.1, 0.15) is 34.4 Å². The Kier molecular flexibility index (Phi) is 3.31. The molecule has 2 aromatic rings. The number of carbonyl (C=O) groups excluding carboxylic acids is 1. The molecule has 1 N–H and O–H groups in total. The Morgan fingerprint density at radius 3 is 2.80 bits per heavy atom. The maximum absolute atomic E-state index is 13.4. The molecule has 0 spiro atoms. The van der Waals surface area contributed by atoms with Gasteiger partial charge in [0.15, 0.2) is 17.5 Å². The number of nitrogens with zero attached hydrogens (tertiary/aromatic N) is 2. The third kappa shape index (κ3) is 2.53. The van der Waals surface area contributed by atoms with Gasteiger partial charge < -0.3 is 24.7 Å². The zero-order valence-corrected chi connectivity index (χ0v) is 12.5. The zero-order chi connectivity index (χ0) is 17.8. The van der Waals surface area contributed by atoms with Crippen molar-refractivity contribution in [2.24, 2.45) is 0 Å². The summed E-state index contributed by atoms with van der Waals surface area (Å²) < 4.78 is 51.4. The molecule has 7 nitrogen and oxygen atoms in total. The monoisotopic (exact) mass is 354 g/mol. The maximum atomic E-state index is 13.4. The Bertz CT molecular complexity index is 849. The highest BCUT2D eigenvalue weighted by Gasteiger charge is 2.47. The van der Waals surface area contributed by atoms with Crippen LogP contribution < -0.4 is 19.9 Å². The van der Waals surface area contributed by atoms with E-state index in [2.05, 4.69) is 10.4 Å². The van der Waals surface area contributed by atoms with E-state index in [0.29, 0.717) is 21.7 Å². The third-order valence-electron chi connectivity index (χ3n) is 4.26. The van der Waals surface area contributed by atoms with Crippen molar-refractivity contribution >= 4 is 11.8 Å². The second-order valence-corrected chi connectivity index (χ2v) is 5.74. The zero-order valence-electron chi connectivity index (χ0n) is 12.5. The minimum Gasteiger partial charge on any atom is -0.545 e. The molecule has 0 saturated carbocycles. The second-order valence-electron chi connectivity index (χ2n) is 5.74. The molecule has 0 saturated heterocycles. The van der Waals surface area contributed by atoms with Gasteiger partial charge >= 0.3 is 6.18 Å². The highest BCUT2D eigenvalue weighted by atomic mass is 19.4. The Hall–Kier alpha value is -2.91. The van der Waals surface area contributed by atoms with E-state index in [0.717, 1.165) is 6.20 Å². The van der Waals surface area contributed by atoms with E-state index < -0.39 is 29.8 Å². The number of aromatic nitrogens is 2. The fourth-order valence-electron chi connectivity index (χ4n) is 3.06. The van der Waals surface area contributed by atoms with Gasteiger partial charge in [-0.25, -0.2) is 4.68 Å². The number of ether oxygens (including phenoxy) is 2. The van der Waals surface area contributed by atoms with Crippen molar-refractivity contribution in [3.05, 3.63) is 35.5 Å². The number of benzene rings is 1.